The third kappa shape index (κ3) is 2.51. The van der Waals surface area contributed by atoms with Crippen molar-refractivity contribution in [1.82, 2.24) is 9.55 Å². The molecule has 1 heterocycles. The first-order valence-corrected chi connectivity index (χ1v) is 5.78. The van der Waals surface area contributed by atoms with Crippen LogP contribution in [-0.2, 0) is 13.5 Å². The van der Waals surface area contributed by atoms with E-state index in [9.17, 15) is 4.79 Å². The third-order valence-electron chi connectivity index (χ3n) is 2.72. The molecule has 2 rings (SSSR count). The molecule has 0 unspecified atom stereocenters. The Hall–Kier alpha value is -2.30. The number of imidazole rings is 1. The van der Waals surface area contributed by atoms with Crippen molar-refractivity contribution in [2.24, 2.45) is 7.05 Å². The van der Waals surface area contributed by atoms with Gasteiger partial charge in [0.1, 0.15) is 5.69 Å². The minimum absolute atomic E-state index is 0.237. The number of carbonyl (C=O) groups is 1. The van der Waals surface area contributed by atoms with Crippen molar-refractivity contribution in [1.29, 1.82) is 0 Å². The number of nitrogen functional groups attached to an aromatic ring is 1. The van der Waals surface area contributed by atoms with Gasteiger partial charge in [-0.1, -0.05) is 13.0 Å². The molecule has 0 fully saturated rings. The Morgan fingerprint density at radius 3 is 2.83 bits per heavy atom. The van der Waals surface area contributed by atoms with Gasteiger partial charge in [0.25, 0.3) is 5.91 Å². The fourth-order valence-electron chi connectivity index (χ4n) is 1.72. The molecule has 1 amide bonds. The van der Waals surface area contributed by atoms with Crippen molar-refractivity contribution in [2.75, 3.05) is 11.1 Å². The second-order valence-corrected chi connectivity index (χ2v) is 4.15. The van der Waals surface area contributed by atoms with Gasteiger partial charge in [-0.25, -0.2) is 4.98 Å². The highest BCUT2D eigenvalue weighted by Gasteiger charge is 2.09. The molecule has 0 atom stereocenters. The number of carbonyl (C=O) groups excluding carboxylic acids is 1. The zero-order chi connectivity index (χ0) is 13.1. The van der Waals surface area contributed by atoms with Crippen LogP contribution in [0.25, 0.3) is 0 Å². The van der Waals surface area contributed by atoms with Crippen LogP contribution in [0.2, 0.25) is 0 Å². The first-order chi connectivity index (χ1) is 8.60. The molecule has 0 aliphatic carbocycles. The number of nitrogens with one attached hydrogen (secondary N) is 1. The van der Waals surface area contributed by atoms with E-state index in [1.54, 1.807) is 23.2 Å². The van der Waals surface area contributed by atoms with Crippen LogP contribution in [0.4, 0.5) is 11.4 Å². The van der Waals surface area contributed by atoms with E-state index in [1.807, 2.05) is 26.1 Å². The second kappa shape index (κ2) is 4.91. The fraction of sp³-hybridized carbons (Fsp3) is 0.231. The van der Waals surface area contributed by atoms with Gasteiger partial charge in [-0.2, -0.15) is 0 Å². The molecule has 5 nitrogen and oxygen atoms in total. The van der Waals surface area contributed by atoms with E-state index in [4.69, 9.17) is 5.73 Å². The van der Waals surface area contributed by atoms with E-state index < -0.39 is 0 Å². The quantitative estimate of drug-likeness (QED) is 0.809. The van der Waals surface area contributed by atoms with Gasteiger partial charge in [-0.15, -0.1) is 0 Å². The number of hydrogen-bond donors (Lipinski definition) is 2. The highest BCUT2D eigenvalue weighted by atomic mass is 16.1. The van der Waals surface area contributed by atoms with Gasteiger partial charge in [0.05, 0.1) is 6.33 Å². The number of nitrogens with zero attached hydrogens (tertiary/aromatic N) is 2. The molecule has 94 valence electrons. The number of benzene rings is 1. The molecule has 5 heteroatoms. The Kier molecular flexibility index (Phi) is 3.32. The maximum atomic E-state index is 11.9. The van der Waals surface area contributed by atoms with Gasteiger partial charge in [0.2, 0.25) is 0 Å². The molecule has 0 saturated heterocycles. The smallest absolute Gasteiger partial charge is 0.275 e. The number of aryl methyl sites for hydroxylation is 2. The summed E-state index contributed by atoms with van der Waals surface area (Å²) in [7, 11) is 1.82. The summed E-state index contributed by atoms with van der Waals surface area (Å²) in [4.78, 5) is 15.9. The summed E-state index contributed by atoms with van der Waals surface area (Å²) in [5.74, 6) is -0.237. The van der Waals surface area contributed by atoms with E-state index in [2.05, 4.69) is 10.3 Å². The van der Waals surface area contributed by atoms with Crippen molar-refractivity contribution < 1.29 is 4.79 Å². The van der Waals surface area contributed by atoms with Gasteiger partial charge in [0, 0.05) is 24.6 Å². The van der Waals surface area contributed by atoms with Crippen LogP contribution in [0, 0.1) is 0 Å². The van der Waals surface area contributed by atoms with Crippen molar-refractivity contribution >= 4 is 17.3 Å². The minimum Gasteiger partial charge on any atom is -0.398 e. The number of amides is 1. The van der Waals surface area contributed by atoms with Crippen molar-refractivity contribution in [3.63, 3.8) is 0 Å². The molecule has 3 N–H and O–H groups in total. The molecule has 0 saturated carbocycles. The molecular formula is C13H16N4O. The lowest BCUT2D eigenvalue weighted by atomic mass is 10.1. The summed E-state index contributed by atoms with van der Waals surface area (Å²) in [5, 5.41) is 2.77. The first-order valence-electron chi connectivity index (χ1n) is 5.78. The van der Waals surface area contributed by atoms with E-state index in [0.717, 1.165) is 12.0 Å². The predicted molar refractivity (Wildman–Crippen MR) is 71.4 cm³/mol. The summed E-state index contributed by atoms with van der Waals surface area (Å²) in [6.45, 7) is 2.04. The van der Waals surface area contributed by atoms with Crippen LogP contribution in [0.3, 0.4) is 0 Å². The standard InChI is InChI=1S/C13H16N4O/c1-3-9-4-5-10(6-11(9)14)16-13(18)12-7-17(2)8-15-12/h4-8H,3,14H2,1-2H3,(H,16,18). The monoisotopic (exact) mass is 244 g/mol. The molecule has 0 spiro atoms. The Balaban J connectivity index is 2.14. The SMILES string of the molecule is CCc1ccc(NC(=O)c2cn(C)cn2)cc1N. The first kappa shape index (κ1) is 12.2. The predicted octanol–water partition coefficient (Wildman–Crippen LogP) is 1.82. The van der Waals surface area contributed by atoms with E-state index in [0.29, 0.717) is 17.1 Å². The summed E-state index contributed by atoms with van der Waals surface area (Å²) >= 11 is 0. The normalized spacial score (nSPS) is 10.3. The van der Waals surface area contributed by atoms with Gasteiger partial charge < -0.3 is 15.6 Å². The van der Waals surface area contributed by atoms with Crippen LogP contribution in [0.1, 0.15) is 23.0 Å². The van der Waals surface area contributed by atoms with E-state index in [-0.39, 0.29) is 5.91 Å². The second-order valence-electron chi connectivity index (χ2n) is 4.15. The molecule has 18 heavy (non-hydrogen) atoms. The Labute approximate surface area is 106 Å². The topological polar surface area (TPSA) is 72.9 Å². The van der Waals surface area contributed by atoms with Gasteiger partial charge in [-0.3, -0.25) is 4.79 Å². The van der Waals surface area contributed by atoms with Crippen molar-refractivity contribution in [2.45, 2.75) is 13.3 Å². The molecule has 0 aliphatic rings. The van der Waals surface area contributed by atoms with Crippen molar-refractivity contribution in [3.05, 3.63) is 42.0 Å². The maximum absolute atomic E-state index is 11.9. The summed E-state index contributed by atoms with van der Waals surface area (Å²) in [5.41, 5.74) is 8.71. The van der Waals surface area contributed by atoms with Gasteiger partial charge in [0.15, 0.2) is 0 Å². The zero-order valence-corrected chi connectivity index (χ0v) is 10.5. The van der Waals surface area contributed by atoms with Crippen molar-refractivity contribution in [3.8, 4) is 0 Å². The average molecular weight is 244 g/mol. The molecule has 1 aromatic heterocycles. The zero-order valence-electron chi connectivity index (χ0n) is 10.5. The van der Waals surface area contributed by atoms with Gasteiger partial charge in [-0.05, 0) is 24.1 Å². The highest BCUT2D eigenvalue weighted by molar-refractivity contribution is 6.02. The lowest BCUT2D eigenvalue weighted by molar-refractivity contribution is 0.102. The molecule has 0 aliphatic heterocycles. The molecular weight excluding hydrogens is 228 g/mol. The van der Waals surface area contributed by atoms with Crippen LogP contribution < -0.4 is 11.1 Å². The van der Waals surface area contributed by atoms with Crippen LogP contribution in [-0.4, -0.2) is 15.5 Å². The maximum Gasteiger partial charge on any atom is 0.275 e. The fourth-order valence-corrected chi connectivity index (χ4v) is 1.72. The minimum atomic E-state index is -0.237. The molecule has 0 radical (unpaired) electrons. The Bertz CT molecular complexity index is 574. The summed E-state index contributed by atoms with van der Waals surface area (Å²) in [6, 6.07) is 5.53. The number of rotatable bonds is 3. The highest BCUT2D eigenvalue weighted by Crippen LogP contribution is 2.18. The molecule has 0 bridgehead atoms. The Morgan fingerprint density at radius 2 is 2.28 bits per heavy atom. The van der Waals surface area contributed by atoms with Crippen LogP contribution >= 0.6 is 0 Å². The summed E-state index contributed by atoms with van der Waals surface area (Å²) < 4.78 is 1.73. The number of hydrogen-bond acceptors (Lipinski definition) is 3. The number of nitrogens with two attached hydrogens (primary N) is 1. The largest absolute Gasteiger partial charge is 0.398 e. The van der Waals surface area contributed by atoms with Crippen LogP contribution in [0.5, 0.6) is 0 Å². The average Bonchev–Trinajstić information content (AvgIpc) is 2.76. The molecule has 2 aromatic rings. The van der Waals surface area contributed by atoms with E-state index >= 15 is 0 Å². The van der Waals surface area contributed by atoms with E-state index in [1.165, 1.54) is 0 Å². The Morgan fingerprint density at radius 1 is 1.50 bits per heavy atom. The third-order valence-corrected chi connectivity index (χ3v) is 2.72. The number of anilines is 2. The summed E-state index contributed by atoms with van der Waals surface area (Å²) in [6.07, 6.45) is 4.13. The lowest BCUT2D eigenvalue weighted by Crippen LogP contribution is -2.12. The van der Waals surface area contributed by atoms with Gasteiger partial charge >= 0.3 is 0 Å². The number of aromatic nitrogens is 2. The lowest BCUT2D eigenvalue weighted by Gasteiger charge is -2.07. The van der Waals surface area contributed by atoms with Crippen LogP contribution in [0.15, 0.2) is 30.7 Å². The molecule has 1 aromatic carbocycles.